The summed E-state index contributed by atoms with van der Waals surface area (Å²) in [6.07, 6.45) is 1.39. The van der Waals surface area contributed by atoms with Crippen molar-refractivity contribution in [2.24, 2.45) is 0 Å². The molecule has 6 heteroatoms. The van der Waals surface area contributed by atoms with Gasteiger partial charge in [-0.15, -0.1) is 0 Å². The Morgan fingerprint density at radius 3 is 2.59 bits per heavy atom. The molecule has 17 heavy (non-hydrogen) atoms. The summed E-state index contributed by atoms with van der Waals surface area (Å²) in [5, 5.41) is 2.76. The van der Waals surface area contributed by atoms with Crippen LogP contribution < -0.4 is 5.32 Å². The van der Waals surface area contributed by atoms with Gasteiger partial charge < -0.3 is 19.8 Å². The number of halogens is 1. The van der Waals surface area contributed by atoms with E-state index in [2.05, 4.69) is 32.9 Å². The fourth-order valence-corrected chi connectivity index (χ4v) is 1.78. The zero-order chi connectivity index (χ0) is 12.7. The summed E-state index contributed by atoms with van der Waals surface area (Å²) in [6.45, 7) is 5.24. The molecule has 0 bridgehead atoms. The summed E-state index contributed by atoms with van der Waals surface area (Å²) in [5.41, 5.74) is 0.543. The number of amides is 1. The van der Waals surface area contributed by atoms with Gasteiger partial charge in [0.05, 0.1) is 6.54 Å². The van der Waals surface area contributed by atoms with E-state index < -0.39 is 0 Å². The highest BCUT2D eigenvalue weighted by Crippen LogP contribution is 2.06. The fraction of sp³-hybridized carbons (Fsp3) is 0.545. The Balaban J connectivity index is 2.40. The summed E-state index contributed by atoms with van der Waals surface area (Å²) in [5.74, 6) is -0.155. The third-order valence-corrected chi connectivity index (χ3v) is 2.65. The molecular weight excluding hydrogens is 335 g/mol. The van der Waals surface area contributed by atoms with Gasteiger partial charge in [0.15, 0.2) is 6.29 Å². The van der Waals surface area contributed by atoms with Crippen LogP contribution in [0, 0.1) is 3.57 Å². The Kier molecular flexibility index (Phi) is 6.53. The topological polar surface area (TPSA) is 63.3 Å². The summed E-state index contributed by atoms with van der Waals surface area (Å²) in [7, 11) is 0. The third kappa shape index (κ3) is 5.05. The Bertz CT molecular complexity index is 348. The largest absolute Gasteiger partial charge is 0.356 e. The van der Waals surface area contributed by atoms with Gasteiger partial charge in [0, 0.05) is 23.0 Å². The van der Waals surface area contributed by atoms with E-state index in [0.717, 1.165) is 3.57 Å². The lowest BCUT2D eigenvalue weighted by molar-refractivity contribution is -0.131. The van der Waals surface area contributed by atoms with E-state index in [4.69, 9.17) is 9.47 Å². The Hall–Kier alpha value is -0.600. The van der Waals surface area contributed by atoms with E-state index in [0.29, 0.717) is 25.5 Å². The van der Waals surface area contributed by atoms with E-state index in [9.17, 15) is 4.79 Å². The molecule has 1 rings (SSSR count). The minimum absolute atomic E-state index is 0.155. The van der Waals surface area contributed by atoms with Gasteiger partial charge in [0.2, 0.25) is 0 Å². The molecule has 0 radical (unpaired) electrons. The SMILES string of the molecule is CCOC(CNC(=O)c1cc(I)c[nH]1)OCC. The average molecular weight is 352 g/mol. The highest BCUT2D eigenvalue weighted by Gasteiger charge is 2.12. The minimum Gasteiger partial charge on any atom is -0.356 e. The van der Waals surface area contributed by atoms with Crippen LogP contribution in [0.25, 0.3) is 0 Å². The molecule has 0 aliphatic rings. The lowest BCUT2D eigenvalue weighted by Gasteiger charge is -2.17. The standard InChI is InChI=1S/C11H17IN2O3/c1-3-16-10(17-4-2)7-14-11(15)9-5-8(12)6-13-9/h5-6,10,13H,3-4,7H2,1-2H3,(H,14,15). The molecule has 0 unspecified atom stereocenters. The number of hydrogen-bond acceptors (Lipinski definition) is 3. The lowest BCUT2D eigenvalue weighted by Crippen LogP contribution is -2.35. The second kappa shape index (κ2) is 7.67. The van der Waals surface area contributed by atoms with Crippen LogP contribution in [0.3, 0.4) is 0 Å². The van der Waals surface area contributed by atoms with Crippen molar-refractivity contribution in [3.05, 3.63) is 21.5 Å². The first-order valence-corrected chi connectivity index (χ1v) is 6.60. The molecule has 1 heterocycles. The third-order valence-electron chi connectivity index (χ3n) is 2.03. The van der Waals surface area contributed by atoms with Crippen LogP contribution in [-0.4, -0.2) is 36.9 Å². The molecule has 1 aromatic rings. The number of hydrogen-bond donors (Lipinski definition) is 2. The number of H-pyrrole nitrogens is 1. The smallest absolute Gasteiger partial charge is 0.267 e. The monoisotopic (exact) mass is 352 g/mol. The van der Waals surface area contributed by atoms with Crippen molar-refractivity contribution in [2.75, 3.05) is 19.8 Å². The maximum Gasteiger partial charge on any atom is 0.267 e. The highest BCUT2D eigenvalue weighted by molar-refractivity contribution is 14.1. The van der Waals surface area contributed by atoms with Gasteiger partial charge in [-0.2, -0.15) is 0 Å². The number of aromatic nitrogens is 1. The van der Waals surface area contributed by atoms with Gasteiger partial charge in [-0.25, -0.2) is 0 Å². The molecule has 0 aliphatic carbocycles. The van der Waals surface area contributed by atoms with Crippen molar-refractivity contribution in [2.45, 2.75) is 20.1 Å². The number of carbonyl (C=O) groups is 1. The van der Waals surface area contributed by atoms with E-state index in [-0.39, 0.29) is 12.2 Å². The molecule has 5 nitrogen and oxygen atoms in total. The van der Waals surface area contributed by atoms with Gasteiger partial charge >= 0.3 is 0 Å². The molecule has 0 spiro atoms. The zero-order valence-corrected chi connectivity index (χ0v) is 12.1. The van der Waals surface area contributed by atoms with Crippen LogP contribution in [0.4, 0.5) is 0 Å². The second-order valence-electron chi connectivity index (χ2n) is 3.28. The minimum atomic E-state index is -0.386. The van der Waals surface area contributed by atoms with Gasteiger partial charge in [0.1, 0.15) is 5.69 Å². The summed E-state index contributed by atoms with van der Waals surface area (Å²) in [6, 6.07) is 1.78. The molecule has 0 aromatic carbocycles. The van der Waals surface area contributed by atoms with Crippen LogP contribution in [0.5, 0.6) is 0 Å². The normalized spacial score (nSPS) is 10.8. The van der Waals surface area contributed by atoms with Crippen molar-refractivity contribution >= 4 is 28.5 Å². The molecule has 1 amide bonds. The molecule has 0 fully saturated rings. The van der Waals surface area contributed by atoms with E-state index in [1.54, 1.807) is 12.3 Å². The first-order chi connectivity index (χ1) is 8.17. The number of nitrogens with one attached hydrogen (secondary N) is 2. The Labute approximate surface area is 114 Å². The van der Waals surface area contributed by atoms with Gasteiger partial charge in [0.25, 0.3) is 5.91 Å². The van der Waals surface area contributed by atoms with Gasteiger partial charge in [-0.1, -0.05) is 0 Å². The maximum atomic E-state index is 11.7. The summed E-state index contributed by atoms with van der Waals surface area (Å²) in [4.78, 5) is 14.6. The molecular formula is C11H17IN2O3. The molecule has 0 atom stereocenters. The van der Waals surface area contributed by atoms with Crippen LogP contribution in [-0.2, 0) is 9.47 Å². The van der Waals surface area contributed by atoms with Crippen molar-refractivity contribution in [3.8, 4) is 0 Å². The Morgan fingerprint density at radius 2 is 2.12 bits per heavy atom. The first kappa shape index (κ1) is 14.5. The van der Waals surface area contributed by atoms with E-state index >= 15 is 0 Å². The van der Waals surface area contributed by atoms with Crippen LogP contribution >= 0.6 is 22.6 Å². The second-order valence-corrected chi connectivity index (χ2v) is 4.53. The molecule has 0 saturated carbocycles. The molecule has 2 N–H and O–H groups in total. The van der Waals surface area contributed by atoms with Crippen molar-refractivity contribution < 1.29 is 14.3 Å². The summed E-state index contributed by atoms with van der Waals surface area (Å²) < 4.78 is 11.6. The molecule has 96 valence electrons. The Morgan fingerprint density at radius 1 is 1.47 bits per heavy atom. The number of ether oxygens (including phenoxy) is 2. The van der Waals surface area contributed by atoms with E-state index in [1.807, 2.05) is 13.8 Å². The lowest BCUT2D eigenvalue weighted by atomic mass is 10.4. The average Bonchev–Trinajstić information content (AvgIpc) is 2.73. The fourth-order valence-electron chi connectivity index (χ4n) is 1.31. The molecule has 1 aromatic heterocycles. The number of aromatic amines is 1. The summed E-state index contributed by atoms with van der Waals surface area (Å²) >= 11 is 2.14. The van der Waals surface area contributed by atoms with Crippen LogP contribution in [0.15, 0.2) is 12.3 Å². The predicted molar refractivity (Wildman–Crippen MR) is 72.9 cm³/mol. The maximum absolute atomic E-state index is 11.7. The first-order valence-electron chi connectivity index (χ1n) is 5.52. The molecule has 0 aliphatic heterocycles. The number of carbonyl (C=O) groups excluding carboxylic acids is 1. The van der Waals surface area contributed by atoms with Gasteiger partial charge in [-0.05, 0) is 42.5 Å². The zero-order valence-electron chi connectivity index (χ0n) is 9.96. The predicted octanol–water partition coefficient (Wildman–Crippen LogP) is 1.75. The van der Waals surface area contributed by atoms with Crippen molar-refractivity contribution in [3.63, 3.8) is 0 Å². The van der Waals surface area contributed by atoms with Crippen molar-refractivity contribution in [1.29, 1.82) is 0 Å². The van der Waals surface area contributed by atoms with Gasteiger partial charge in [-0.3, -0.25) is 4.79 Å². The van der Waals surface area contributed by atoms with Crippen LogP contribution in [0.2, 0.25) is 0 Å². The van der Waals surface area contributed by atoms with E-state index in [1.165, 1.54) is 0 Å². The molecule has 0 saturated heterocycles. The van der Waals surface area contributed by atoms with Crippen molar-refractivity contribution in [1.82, 2.24) is 10.3 Å². The number of rotatable bonds is 7. The highest BCUT2D eigenvalue weighted by atomic mass is 127. The quantitative estimate of drug-likeness (QED) is 0.581. The van der Waals surface area contributed by atoms with Crippen LogP contribution in [0.1, 0.15) is 24.3 Å².